The molecule has 0 saturated heterocycles. The molecule has 0 atom stereocenters. The summed E-state index contributed by atoms with van der Waals surface area (Å²) < 4.78 is 6.54. The van der Waals surface area contributed by atoms with Crippen molar-refractivity contribution in [1.82, 2.24) is 4.98 Å². The SMILES string of the molecule is O=C(Nc1ccc2oc(-c3ccc(Cl)c(Cl)c3)nc2c1)c1cc(Br)ccc1Cl. The number of carbonyl (C=O) groups is 1. The smallest absolute Gasteiger partial charge is 0.257 e. The average Bonchev–Trinajstić information content (AvgIpc) is 3.09. The van der Waals surface area contributed by atoms with Crippen LogP contribution in [0.5, 0.6) is 0 Å². The largest absolute Gasteiger partial charge is 0.436 e. The molecule has 0 aliphatic heterocycles. The van der Waals surface area contributed by atoms with E-state index < -0.39 is 0 Å². The normalized spacial score (nSPS) is 11.0. The summed E-state index contributed by atoms with van der Waals surface area (Å²) in [4.78, 5) is 17.0. The van der Waals surface area contributed by atoms with E-state index in [0.717, 1.165) is 4.47 Å². The maximum atomic E-state index is 12.5. The van der Waals surface area contributed by atoms with Crippen molar-refractivity contribution in [1.29, 1.82) is 0 Å². The molecule has 0 saturated carbocycles. The predicted molar refractivity (Wildman–Crippen MR) is 117 cm³/mol. The Kier molecular flexibility index (Phi) is 5.34. The van der Waals surface area contributed by atoms with Crippen LogP contribution in [0.25, 0.3) is 22.6 Å². The Labute approximate surface area is 183 Å². The van der Waals surface area contributed by atoms with Crippen molar-refractivity contribution < 1.29 is 9.21 Å². The molecule has 1 N–H and O–H groups in total. The lowest BCUT2D eigenvalue weighted by Gasteiger charge is -2.07. The molecule has 4 nitrogen and oxygen atoms in total. The van der Waals surface area contributed by atoms with Gasteiger partial charge >= 0.3 is 0 Å². The summed E-state index contributed by atoms with van der Waals surface area (Å²) in [6.07, 6.45) is 0. The fourth-order valence-electron chi connectivity index (χ4n) is 2.63. The van der Waals surface area contributed by atoms with Gasteiger partial charge < -0.3 is 9.73 Å². The lowest BCUT2D eigenvalue weighted by Crippen LogP contribution is -2.12. The highest BCUT2D eigenvalue weighted by Crippen LogP contribution is 2.31. The number of benzene rings is 3. The number of oxazole rings is 1. The van der Waals surface area contributed by atoms with Gasteiger partial charge in [0.15, 0.2) is 5.58 Å². The molecule has 3 aromatic carbocycles. The van der Waals surface area contributed by atoms with Gasteiger partial charge in [-0.2, -0.15) is 0 Å². The molecule has 0 radical (unpaired) electrons. The summed E-state index contributed by atoms with van der Waals surface area (Å²) >= 11 is 21.5. The number of anilines is 1. The summed E-state index contributed by atoms with van der Waals surface area (Å²) in [5.74, 6) is 0.0888. The second kappa shape index (κ2) is 7.76. The third-order valence-electron chi connectivity index (χ3n) is 3.99. The summed E-state index contributed by atoms with van der Waals surface area (Å²) in [6.45, 7) is 0. The van der Waals surface area contributed by atoms with Gasteiger partial charge in [-0.1, -0.05) is 50.7 Å². The minimum Gasteiger partial charge on any atom is -0.436 e. The first-order valence-electron chi connectivity index (χ1n) is 8.03. The van der Waals surface area contributed by atoms with Crippen LogP contribution in [-0.2, 0) is 0 Å². The standard InChI is InChI=1S/C20H10BrCl3N2O2/c21-11-2-5-14(22)13(8-11)19(27)25-12-3-6-18-17(9-12)26-20(28-18)10-1-4-15(23)16(24)7-10/h1-9H,(H,25,27). The van der Waals surface area contributed by atoms with Crippen LogP contribution in [-0.4, -0.2) is 10.9 Å². The number of rotatable bonds is 3. The van der Waals surface area contributed by atoms with Gasteiger partial charge in [-0.3, -0.25) is 4.79 Å². The number of amides is 1. The number of hydrogen-bond donors (Lipinski definition) is 1. The van der Waals surface area contributed by atoms with E-state index in [2.05, 4.69) is 26.2 Å². The van der Waals surface area contributed by atoms with Gasteiger partial charge in [0.2, 0.25) is 5.89 Å². The second-order valence-corrected chi connectivity index (χ2v) is 8.05. The zero-order valence-corrected chi connectivity index (χ0v) is 17.8. The number of nitrogens with zero attached hydrogens (tertiary/aromatic N) is 1. The molecule has 1 aromatic heterocycles. The van der Waals surface area contributed by atoms with Gasteiger partial charge in [0.05, 0.1) is 20.6 Å². The van der Waals surface area contributed by atoms with Crippen molar-refractivity contribution in [2.24, 2.45) is 0 Å². The first-order valence-corrected chi connectivity index (χ1v) is 9.96. The van der Waals surface area contributed by atoms with Crippen LogP contribution in [0.4, 0.5) is 5.69 Å². The molecule has 8 heteroatoms. The molecule has 4 aromatic rings. The van der Waals surface area contributed by atoms with Crippen molar-refractivity contribution in [3.63, 3.8) is 0 Å². The van der Waals surface area contributed by atoms with Crippen LogP contribution in [0, 0.1) is 0 Å². The summed E-state index contributed by atoms with van der Waals surface area (Å²) in [6, 6.07) is 15.4. The first kappa shape index (κ1) is 19.3. The molecular formula is C20H10BrCl3N2O2. The van der Waals surface area contributed by atoms with Gasteiger partial charge in [-0.25, -0.2) is 4.98 Å². The third kappa shape index (κ3) is 3.89. The fraction of sp³-hybridized carbons (Fsp3) is 0. The highest BCUT2D eigenvalue weighted by molar-refractivity contribution is 9.10. The van der Waals surface area contributed by atoms with Crippen LogP contribution in [0.3, 0.4) is 0 Å². The van der Waals surface area contributed by atoms with E-state index in [0.29, 0.717) is 48.9 Å². The molecule has 0 unspecified atom stereocenters. The summed E-state index contributed by atoms with van der Waals surface area (Å²) in [5, 5.41) is 4.06. The quantitative estimate of drug-likeness (QED) is 0.320. The second-order valence-electron chi connectivity index (χ2n) is 5.91. The minimum absolute atomic E-state index is 0.321. The van der Waals surface area contributed by atoms with Crippen LogP contribution in [0.2, 0.25) is 15.1 Å². The highest BCUT2D eigenvalue weighted by atomic mass is 79.9. The molecule has 0 fully saturated rings. The molecule has 1 amide bonds. The molecule has 0 spiro atoms. The Morgan fingerprint density at radius 2 is 1.71 bits per heavy atom. The maximum Gasteiger partial charge on any atom is 0.257 e. The lowest BCUT2D eigenvalue weighted by atomic mass is 10.2. The molecule has 1 heterocycles. The molecule has 140 valence electrons. The monoisotopic (exact) mass is 494 g/mol. The van der Waals surface area contributed by atoms with E-state index in [1.54, 1.807) is 54.6 Å². The van der Waals surface area contributed by atoms with Crippen LogP contribution >= 0.6 is 50.7 Å². The van der Waals surface area contributed by atoms with E-state index >= 15 is 0 Å². The number of carbonyl (C=O) groups excluding carboxylic acids is 1. The highest BCUT2D eigenvalue weighted by Gasteiger charge is 2.14. The molecular weight excluding hydrogens is 486 g/mol. The zero-order valence-electron chi connectivity index (χ0n) is 14.0. The third-order valence-corrected chi connectivity index (χ3v) is 5.55. The summed E-state index contributed by atoms with van der Waals surface area (Å²) in [7, 11) is 0. The topological polar surface area (TPSA) is 55.1 Å². The number of halogens is 4. The molecule has 0 aliphatic rings. The van der Waals surface area contributed by atoms with Crippen molar-refractivity contribution in [3.8, 4) is 11.5 Å². The molecule has 28 heavy (non-hydrogen) atoms. The van der Waals surface area contributed by atoms with E-state index in [1.165, 1.54) is 0 Å². The van der Waals surface area contributed by atoms with Crippen molar-refractivity contribution in [3.05, 3.63) is 79.7 Å². The van der Waals surface area contributed by atoms with Crippen molar-refractivity contribution in [2.45, 2.75) is 0 Å². The Hall–Kier alpha value is -2.05. The lowest BCUT2D eigenvalue weighted by molar-refractivity contribution is 0.102. The Morgan fingerprint density at radius 1 is 0.929 bits per heavy atom. The Morgan fingerprint density at radius 3 is 2.50 bits per heavy atom. The van der Waals surface area contributed by atoms with Crippen molar-refractivity contribution in [2.75, 3.05) is 5.32 Å². The predicted octanol–water partition coefficient (Wildman–Crippen LogP) is 7.47. The molecule has 0 bridgehead atoms. The van der Waals surface area contributed by atoms with Gasteiger partial charge in [-0.05, 0) is 54.6 Å². The average molecular weight is 497 g/mol. The Bertz CT molecular complexity index is 1220. The molecule has 0 aliphatic carbocycles. The molecule has 4 rings (SSSR count). The van der Waals surface area contributed by atoms with Gasteiger partial charge in [0.25, 0.3) is 5.91 Å². The number of nitrogens with one attached hydrogen (secondary N) is 1. The first-order chi connectivity index (χ1) is 13.4. The van der Waals surface area contributed by atoms with Crippen LogP contribution in [0.1, 0.15) is 10.4 Å². The van der Waals surface area contributed by atoms with Crippen LogP contribution < -0.4 is 5.32 Å². The number of fused-ring (bicyclic) bond motifs is 1. The van der Waals surface area contributed by atoms with E-state index in [1.807, 2.05) is 0 Å². The minimum atomic E-state index is -0.321. The van der Waals surface area contributed by atoms with Gasteiger partial charge in [-0.15, -0.1) is 0 Å². The van der Waals surface area contributed by atoms with Crippen molar-refractivity contribution >= 4 is 73.4 Å². The summed E-state index contributed by atoms with van der Waals surface area (Å²) in [5.41, 5.74) is 2.83. The van der Waals surface area contributed by atoms with E-state index in [-0.39, 0.29) is 5.91 Å². The Balaban J connectivity index is 1.63. The number of aromatic nitrogens is 1. The van der Waals surface area contributed by atoms with E-state index in [4.69, 9.17) is 39.2 Å². The van der Waals surface area contributed by atoms with Crippen LogP contribution in [0.15, 0.2) is 63.5 Å². The van der Waals surface area contributed by atoms with Gasteiger partial charge in [0.1, 0.15) is 5.52 Å². The number of hydrogen-bond acceptors (Lipinski definition) is 3. The maximum absolute atomic E-state index is 12.5. The van der Waals surface area contributed by atoms with Gasteiger partial charge in [0, 0.05) is 15.7 Å². The van der Waals surface area contributed by atoms with E-state index in [9.17, 15) is 4.79 Å². The zero-order chi connectivity index (χ0) is 19.8. The fourth-order valence-corrected chi connectivity index (χ4v) is 3.49.